The van der Waals surface area contributed by atoms with Gasteiger partial charge in [-0.3, -0.25) is 9.36 Å². The highest BCUT2D eigenvalue weighted by Crippen LogP contribution is 2.20. The summed E-state index contributed by atoms with van der Waals surface area (Å²) in [6.07, 6.45) is 0. The lowest BCUT2D eigenvalue weighted by molar-refractivity contribution is 0.656. The van der Waals surface area contributed by atoms with Gasteiger partial charge in [-0.2, -0.15) is 0 Å². The van der Waals surface area contributed by atoms with Crippen LogP contribution in [0.5, 0.6) is 0 Å². The summed E-state index contributed by atoms with van der Waals surface area (Å²) >= 11 is 0. The van der Waals surface area contributed by atoms with Crippen LogP contribution in [0.4, 0.5) is 0 Å². The summed E-state index contributed by atoms with van der Waals surface area (Å²) in [5.41, 5.74) is 10.9. The van der Waals surface area contributed by atoms with E-state index in [1.807, 2.05) is 25.1 Å². The fourth-order valence-corrected chi connectivity index (χ4v) is 5.48. The number of fused-ring (bicyclic) bond motifs is 1. The zero-order chi connectivity index (χ0) is 17.9. The van der Waals surface area contributed by atoms with Gasteiger partial charge in [0.05, 0.1) is 16.9 Å². The van der Waals surface area contributed by atoms with Crippen LogP contribution >= 0.6 is 0 Å². The van der Waals surface area contributed by atoms with Crippen molar-refractivity contribution in [2.75, 3.05) is 0 Å². The van der Waals surface area contributed by atoms with Crippen LogP contribution < -0.4 is 11.3 Å². The molecule has 5 heteroatoms. The molecule has 0 saturated heterocycles. The van der Waals surface area contributed by atoms with Gasteiger partial charge in [0, 0.05) is 12.6 Å². The highest BCUT2D eigenvalue weighted by atomic mass is 28.3. The molecule has 0 spiro atoms. The van der Waals surface area contributed by atoms with E-state index in [0.717, 1.165) is 23.7 Å². The average molecular weight is 342 g/mol. The summed E-state index contributed by atoms with van der Waals surface area (Å²) < 4.78 is 1.54. The average Bonchev–Trinajstić information content (AvgIpc) is 2.59. The van der Waals surface area contributed by atoms with Crippen molar-refractivity contribution in [2.45, 2.75) is 51.9 Å². The zero-order valence-corrected chi connectivity index (χ0v) is 16.3. The molecular formula is C19H27N3OSi. The van der Waals surface area contributed by atoms with Gasteiger partial charge in [0.15, 0.2) is 0 Å². The molecule has 1 aromatic carbocycles. The summed E-state index contributed by atoms with van der Waals surface area (Å²) in [5, 5.41) is 0.600. The van der Waals surface area contributed by atoms with Crippen LogP contribution in [-0.2, 0) is 7.05 Å². The van der Waals surface area contributed by atoms with Crippen LogP contribution in [0.3, 0.4) is 0 Å². The Kier molecular flexibility index (Phi) is 5.63. The van der Waals surface area contributed by atoms with E-state index in [1.54, 1.807) is 11.6 Å². The van der Waals surface area contributed by atoms with Gasteiger partial charge in [0.25, 0.3) is 5.56 Å². The topological polar surface area (TPSA) is 60.9 Å². The predicted octanol–water partition coefficient (Wildman–Crippen LogP) is 3.35. The van der Waals surface area contributed by atoms with Gasteiger partial charge in [0.1, 0.15) is 13.9 Å². The molecule has 0 saturated carbocycles. The Morgan fingerprint density at radius 2 is 1.88 bits per heavy atom. The standard InChI is InChI=1S/C19H27N3OSi/c1-6-24(7-2,8-3)13-12-15-10-9-11-16-17(15)19(23)22(5)18(21-16)14(4)20/h9-11,14H,6-8,20H2,1-5H3/t14-/m0/s1. The van der Waals surface area contributed by atoms with E-state index < -0.39 is 8.07 Å². The molecular weight excluding hydrogens is 314 g/mol. The van der Waals surface area contributed by atoms with E-state index in [0.29, 0.717) is 16.7 Å². The SMILES string of the molecule is CC[Si](C#Cc1cccc2nc([C@H](C)N)n(C)c(=O)c12)(CC)CC. The minimum absolute atomic E-state index is 0.0750. The van der Waals surface area contributed by atoms with Crippen molar-refractivity contribution in [1.29, 1.82) is 0 Å². The van der Waals surface area contributed by atoms with E-state index in [4.69, 9.17) is 5.73 Å². The Bertz CT molecular complexity index is 846. The molecule has 1 atom stereocenters. The second-order valence-corrected chi connectivity index (χ2v) is 11.3. The molecule has 0 bridgehead atoms. The first-order chi connectivity index (χ1) is 11.4. The van der Waals surface area contributed by atoms with E-state index in [1.165, 1.54) is 0 Å². The van der Waals surface area contributed by atoms with Gasteiger partial charge in [-0.05, 0) is 37.2 Å². The number of nitrogens with two attached hydrogens (primary N) is 1. The van der Waals surface area contributed by atoms with Crippen molar-refractivity contribution in [1.82, 2.24) is 9.55 Å². The summed E-state index contributed by atoms with van der Waals surface area (Å²) in [5.74, 6) is 3.92. The van der Waals surface area contributed by atoms with Crippen molar-refractivity contribution < 1.29 is 0 Å². The Balaban J connectivity index is 2.71. The third-order valence-electron chi connectivity index (χ3n) is 5.04. The molecule has 0 unspecified atom stereocenters. The Morgan fingerprint density at radius 1 is 1.25 bits per heavy atom. The summed E-state index contributed by atoms with van der Waals surface area (Å²) in [4.78, 5) is 17.4. The van der Waals surface area contributed by atoms with Crippen molar-refractivity contribution in [3.8, 4) is 11.5 Å². The van der Waals surface area contributed by atoms with E-state index in [9.17, 15) is 4.79 Å². The quantitative estimate of drug-likeness (QED) is 0.685. The molecule has 24 heavy (non-hydrogen) atoms. The van der Waals surface area contributed by atoms with Crippen LogP contribution in [0, 0.1) is 11.5 Å². The first-order valence-corrected chi connectivity index (χ1v) is 11.3. The molecule has 1 heterocycles. The number of aromatic nitrogens is 2. The Labute approximate surface area is 145 Å². The van der Waals surface area contributed by atoms with Crippen LogP contribution in [0.15, 0.2) is 23.0 Å². The maximum Gasteiger partial charge on any atom is 0.262 e. The lowest BCUT2D eigenvalue weighted by Gasteiger charge is -2.20. The van der Waals surface area contributed by atoms with Gasteiger partial charge in [-0.25, -0.2) is 4.98 Å². The van der Waals surface area contributed by atoms with Gasteiger partial charge in [-0.1, -0.05) is 32.8 Å². The molecule has 0 aliphatic rings. The van der Waals surface area contributed by atoms with E-state index in [-0.39, 0.29) is 11.6 Å². The van der Waals surface area contributed by atoms with Gasteiger partial charge in [0.2, 0.25) is 0 Å². The monoisotopic (exact) mass is 341 g/mol. The molecule has 0 aliphatic carbocycles. The van der Waals surface area contributed by atoms with Crippen molar-refractivity contribution in [3.63, 3.8) is 0 Å². The first-order valence-electron chi connectivity index (χ1n) is 8.67. The van der Waals surface area contributed by atoms with Crippen molar-refractivity contribution in [3.05, 3.63) is 39.9 Å². The second-order valence-electron chi connectivity index (χ2n) is 6.41. The third kappa shape index (κ3) is 3.30. The molecule has 0 aliphatic heterocycles. The van der Waals surface area contributed by atoms with Crippen molar-refractivity contribution in [2.24, 2.45) is 12.8 Å². The highest BCUT2D eigenvalue weighted by Gasteiger charge is 2.24. The molecule has 128 valence electrons. The number of hydrogen-bond donors (Lipinski definition) is 1. The zero-order valence-electron chi connectivity index (χ0n) is 15.3. The van der Waals surface area contributed by atoms with Gasteiger partial charge in [-0.15, -0.1) is 5.54 Å². The molecule has 0 radical (unpaired) electrons. The lowest BCUT2D eigenvalue weighted by Crippen LogP contribution is -2.29. The number of rotatable bonds is 4. The highest BCUT2D eigenvalue weighted by molar-refractivity contribution is 6.87. The number of hydrogen-bond acceptors (Lipinski definition) is 3. The fourth-order valence-electron chi connectivity index (χ4n) is 3.05. The second kappa shape index (κ2) is 7.33. The molecule has 2 N–H and O–H groups in total. The maximum absolute atomic E-state index is 12.8. The normalized spacial score (nSPS) is 12.8. The van der Waals surface area contributed by atoms with Crippen molar-refractivity contribution >= 4 is 19.0 Å². The summed E-state index contributed by atoms with van der Waals surface area (Å²) in [6, 6.07) is 8.83. The molecule has 1 aromatic heterocycles. The minimum Gasteiger partial charge on any atom is -0.322 e. The first kappa shape index (κ1) is 18.4. The van der Waals surface area contributed by atoms with Crippen LogP contribution in [0.2, 0.25) is 18.1 Å². The largest absolute Gasteiger partial charge is 0.322 e. The van der Waals surface area contributed by atoms with Crippen LogP contribution in [0.1, 0.15) is 45.1 Å². The predicted molar refractivity (Wildman–Crippen MR) is 104 cm³/mol. The molecule has 2 aromatic rings. The molecule has 0 amide bonds. The Hall–Kier alpha value is -1.90. The van der Waals surface area contributed by atoms with Crippen LogP contribution in [-0.4, -0.2) is 17.6 Å². The van der Waals surface area contributed by atoms with Gasteiger partial charge >= 0.3 is 0 Å². The minimum atomic E-state index is -1.56. The third-order valence-corrected chi connectivity index (χ3v) is 9.76. The summed E-state index contributed by atoms with van der Waals surface area (Å²) in [6.45, 7) is 8.52. The van der Waals surface area contributed by atoms with E-state index >= 15 is 0 Å². The number of nitrogens with zero attached hydrogens (tertiary/aromatic N) is 2. The van der Waals surface area contributed by atoms with Gasteiger partial charge < -0.3 is 5.73 Å². The smallest absolute Gasteiger partial charge is 0.262 e. The maximum atomic E-state index is 12.8. The summed E-state index contributed by atoms with van der Waals surface area (Å²) in [7, 11) is 0.165. The lowest BCUT2D eigenvalue weighted by atomic mass is 10.1. The Morgan fingerprint density at radius 3 is 2.42 bits per heavy atom. The molecule has 2 rings (SSSR count). The number of benzene rings is 1. The van der Waals surface area contributed by atoms with Crippen LogP contribution in [0.25, 0.3) is 10.9 Å². The molecule has 4 nitrogen and oxygen atoms in total. The molecule has 0 fully saturated rings. The fraction of sp³-hybridized carbons (Fsp3) is 0.474. The van der Waals surface area contributed by atoms with E-state index in [2.05, 4.69) is 37.2 Å².